The standard InChI is InChI=1S/C56H82N14O17S/c1-6-41(64-54(82)42(7-2)63-46(72)31-67-16-18-68(32-47(73)74)20-22-70(34-49(77)78)23-21-69(19-17-67)33-48(75)76)53(81)58-13-12-57-45(71)9-8-24-87-38-25-35(3)51(36(4)26-38)88(85,86)65-43(55(83)84)29-61-52(80)40-30-66(5)44-27-37(10-11-39(44)50(40)79)28-62-56-59-14-15-60-56/h10-11,14-15,25-27,30,41-43,47,65,73-74H,6-9,12-13,16-24,28-29,31-34H2,1-5H3,(H,57,71)(H,58,81)(H,61,80)(H,63,72)(H,64,82)(H,75,76)(H,77,78)(H,83,84)(H2,59,60,62). The van der Waals surface area contributed by atoms with Crippen LogP contribution in [0.5, 0.6) is 5.75 Å². The summed E-state index contributed by atoms with van der Waals surface area (Å²) in [6, 6.07) is 4.11. The van der Waals surface area contributed by atoms with E-state index in [9.17, 15) is 77.1 Å². The van der Waals surface area contributed by atoms with Gasteiger partial charge in [0.2, 0.25) is 39.1 Å². The van der Waals surface area contributed by atoms with E-state index in [2.05, 4.69) is 46.6 Å². The number of aliphatic hydroxyl groups is 2. The topological polar surface area (TPSA) is 429 Å². The van der Waals surface area contributed by atoms with Crippen LogP contribution >= 0.6 is 0 Å². The zero-order valence-corrected chi connectivity index (χ0v) is 50.8. The Kier molecular flexibility index (Phi) is 27.6. The molecular weight excluding hydrogens is 1170 g/mol. The molecule has 2 aromatic heterocycles. The number of amides is 5. The third-order valence-electron chi connectivity index (χ3n) is 14.3. The zero-order valence-electron chi connectivity index (χ0n) is 50.0. The Morgan fingerprint density at radius 3 is 1.86 bits per heavy atom. The molecule has 1 saturated heterocycles. The van der Waals surface area contributed by atoms with Crippen LogP contribution in [-0.4, -0.2) is 245 Å². The fourth-order valence-electron chi connectivity index (χ4n) is 9.77. The molecule has 31 nitrogen and oxygen atoms in total. The number of rotatable bonds is 32. The van der Waals surface area contributed by atoms with Gasteiger partial charge in [0, 0.05) is 123 Å². The number of aryl methyl sites for hydroxylation is 3. The molecule has 0 bridgehead atoms. The average molecular weight is 1260 g/mol. The molecule has 4 aromatic rings. The summed E-state index contributed by atoms with van der Waals surface area (Å²) >= 11 is 0. The fraction of sp³-hybridized carbons (Fsp3) is 0.536. The highest BCUT2D eigenvalue weighted by molar-refractivity contribution is 7.89. The van der Waals surface area contributed by atoms with Gasteiger partial charge in [-0.05, 0) is 74.1 Å². The maximum atomic E-state index is 13.7. The number of aliphatic hydroxyl groups excluding tert-OH is 1. The minimum absolute atomic E-state index is 0.0158. The first-order valence-corrected chi connectivity index (χ1v) is 30.2. The van der Waals surface area contributed by atoms with Crippen molar-refractivity contribution in [3.05, 3.63) is 81.4 Å². The van der Waals surface area contributed by atoms with Crippen molar-refractivity contribution in [3.8, 4) is 5.75 Å². The number of carbonyl (C=O) groups excluding carboxylic acids is 5. The van der Waals surface area contributed by atoms with Crippen molar-refractivity contribution in [1.82, 2.24) is 65.4 Å². The van der Waals surface area contributed by atoms with Crippen LogP contribution in [0.2, 0.25) is 0 Å². The number of β-amino-alcohol motifs (C(OH)–C–C–N with tert-alkyl or cyclic N) is 2. The van der Waals surface area contributed by atoms with Gasteiger partial charge in [0.25, 0.3) is 5.91 Å². The highest BCUT2D eigenvalue weighted by Gasteiger charge is 2.31. The van der Waals surface area contributed by atoms with Crippen molar-refractivity contribution in [2.75, 3.05) is 110 Å². The molecule has 1 aliphatic rings. The van der Waals surface area contributed by atoms with E-state index >= 15 is 0 Å². The molecule has 13 N–H and O–H groups in total. The second-order valence-corrected chi connectivity index (χ2v) is 22.9. The number of ether oxygens (including phenoxy) is 1. The van der Waals surface area contributed by atoms with E-state index in [4.69, 9.17) is 4.74 Å². The Bertz CT molecular complexity index is 3210. The van der Waals surface area contributed by atoms with Gasteiger partial charge in [0.1, 0.15) is 29.4 Å². The van der Waals surface area contributed by atoms with Crippen molar-refractivity contribution in [2.45, 2.75) is 89.2 Å². The summed E-state index contributed by atoms with van der Waals surface area (Å²) < 4.78 is 36.9. The number of carboxylic acid groups (broad SMARTS) is 3. The first kappa shape index (κ1) is 70.7. The molecule has 0 aliphatic carbocycles. The predicted molar refractivity (Wildman–Crippen MR) is 320 cm³/mol. The highest BCUT2D eigenvalue weighted by Crippen LogP contribution is 2.26. The molecule has 0 spiro atoms. The number of carboxylic acids is 3. The summed E-state index contributed by atoms with van der Waals surface area (Å²) in [5.41, 5.74) is 0.908. The van der Waals surface area contributed by atoms with E-state index < -0.39 is 87.9 Å². The number of hydrogen-bond donors (Lipinski definition) is 13. The van der Waals surface area contributed by atoms with Crippen molar-refractivity contribution in [2.24, 2.45) is 7.05 Å². The Morgan fingerprint density at radius 2 is 1.31 bits per heavy atom. The second kappa shape index (κ2) is 34.4. The monoisotopic (exact) mass is 1250 g/mol. The smallest absolute Gasteiger partial charge is 0.323 e. The molecule has 1 aliphatic heterocycles. The quantitative estimate of drug-likeness (QED) is 0.0178. The van der Waals surface area contributed by atoms with E-state index in [0.717, 1.165) is 5.56 Å². The summed E-state index contributed by atoms with van der Waals surface area (Å²) in [4.78, 5) is 129. The molecule has 2 aromatic carbocycles. The summed E-state index contributed by atoms with van der Waals surface area (Å²) in [5, 5.41) is 64.9. The minimum atomic E-state index is -4.52. The lowest BCUT2D eigenvalue weighted by molar-refractivity contribution is -0.140. The van der Waals surface area contributed by atoms with Gasteiger partial charge >= 0.3 is 17.9 Å². The van der Waals surface area contributed by atoms with Gasteiger partial charge in [-0.2, -0.15) is 4.72 Å². The van der Waals surface area contributed by atoms with E-state index in [1.807, 2.05) is 0 Å². The number of aliphatic carboxylic acids is 3. The van der Waals surface area contributed by atoms with Crippen LogP contribution in [0.25, 0.3) is 10.9 Å². The van der Waals surface area contributed by atoms with Crippen molar-refractivity contribution >= 4 is 74.3 Å². The SMILES string of the molecule is CCC(NC(=O)CN1CCN(CC(=O)O)CCN(CC(=O)O)CCN(CC(O)O)CC1)C(=O)NC(CC)C(=O)NCCNC(=O)CCCOc1cc(C)c(S(=O)(=O)NC(CNC(=O)c2cn(C)c3cc(CNc4ncc[nH]4)ccc3c2=O)C(=O)O)c(C)c1. The number of fused-ring (bicyclic) bond motifs is 1. The van der Waals surface area contributed by atoms with Gasteiger partial charge in [0.15, 0.2) is 12.2 Å². The maximum absolute atomic E-state index is 13.7. The van der Waals surface area contributed by atoms with Crippen LogP contribution < -0.4 is 46.8 Å². The van der Waals surface area contributed by atoms with Crippen LogP contribution in [0.3, 0.4) is 0 Å². The summed E-state index contributed by atoms with van der Waals surface area (Å²) in [5.74, 6) is -5.84. The number of carbonyl (C=O) groups is 8. The molecule has 0 saturated carbocycles. The van der Waals surface area contributed by atoms with Crippen molar-refractivity contribution in [3.63, 3.8) is 0 Å². The number of anilines is 1. The third kappa shape index (κ3) is 22.6. The van der Waals surface area contributed by atoms with E-state index in [-0.39, 0.29) is 163 Å². The summed E-state index contributed by atoms with van der Waals surface area (Å²) in [7, 11) is -2.87. The number of benzene rings is 2. The van der Waals surface area contributed by atoms with Gasteiger partial charge in [-0.1, -0.05) is 19.9 Å². The largest absolute Gasteiger partial charge is 0.494 e. The second-order valence-electron chi connectivity index (χ2n) is 21.2. The maximum Gasteiger partial charge on any atom is 0.323 e. The van der Waals surface area contributed by atoms with Crippen molar-refractivity contribution in [1.29, 1.82) is 0 Å². The molecule has 3 atom stereocenters. The van der Waals surface area contributed by atoms with E-state index in [1.54, 1.807) is 75.7 Å². The van der Waals surface area contributed by atoms with Gasteiger partial charge in [-0.3, -0.25) is 62.8 Å². The lowest BCUT2D eigenvalue weighted by Gasteiger charge is -2.33. The van der Waals surface area contributed by atoms with Gasteiger partial charge in [0.05, 0.1) is 36.7 Å². The van der Waals surface area contributed by atoms with Crippen LogP contribution in [0.1, 0.15) is 66.6 Å². The lowest BCUT2D eigenvalue weighted by atomic mass is 10.1. The van der Waals surface area contributed by atoms with Gasteiger partial charge in [-0.25, -0.2) is 13.4 Å². The highest BCUT2D eigenvalue weighted by atomic mass is 32.2. The summed E-state index contributed by atoms with van der Waals surface area (Å²) in [6.45, 7) is 7.03. The van der Waals surface area contributed by atoms with E-state index in [1.165, 1.54) is 32.2 Å². The number of H-pyrrole nitrogens is 1. The molecule has 3 heterocycles. The zero-order chi connectivity index (χ0) is 64.7. The molecular formula is C56H82N14O17S. The Morgan fingerprint density at radius 1 is 0.727 bits per heavy atom. The number of sulfonamides is 1. The van der Waals surface area contributed by atoms with Crippen LogP contribution in [0, 0.1) is 13.8 Å². The number of nitrogens with zero attached hydrogens (tertiary/aromatic N) is 6. The lowest BCUT2D eigenvalue weighted by Crippen LogP contribution is -2.55. The first-order chi connectivity index (χ1) is 41.8. The van der Waals surface area contributed by atoms with E-state index in [0.29, 0.717) is 18.0 Å². The Balaban J connectivity index is 1.03. The van der Waals surface area contributed by atoms with Crippen LogP contribution in [-0.2, 0) is 57.2 Å². The fourth-order valence-corrected chi connectivity index (χ4v) is 11.4. The number of hydrogen-bond acceptors (Lipinski definition) is 20. The first-order valence-electron chi connectivity index (χ1n) is 28.7. The average Bonchev–Trinajstić information content (AvgIpc) is 1.31. The third-order valence-corrected chi connectivity index (χ3v) is 16.1. The van der Waals surface area contributed by atoms with Crippen LogP contribution in [0.15, 0.2) is 58.6 Å². The Hall–Kier alpha value is -8.11. The number of pyridine rings is 1. The number of imidazole rings is 1. The predicted octanol–water partition coefficient (Wildman–Crippen LogP) is -2.47. The molecule has 0 radical (unpaired) electrons. The molecule has 88 heavy (non-hydrogen) atoms. The van der Waals surface area contributed by atoms with Gasteiger partial charge in [-0.15, -0.1) is 0 Å². The molecule has 5 amide bonds. The minimum Gasteiger partial charge on any atom is -0.494 e. The number of nitrogens with one attached hydrogen (secondary N) is 8. The molecule has 484 valence electrons. The normalized spacial score (nSPS) is 15.2. The van der Waals surface area contributed by atoms with Crippen LogP contribution in [0.4, 0.5) is 5.95 Å². The number of aromatic amines is 1. The molecule has 32 heteroatoms. The van der Waals surface area contributed by atoms with Gasteiger partial charge < -0.3 is 71.7 Å². The molecule has 3 unspecified atom stereocenters. The Labute approximate surface area is 508 Å². The summed E-state index contributed by atoms with van der Waals surface area (Å²) in [6.07, 6.45) is 3.53. The number of aromatic nitrogens is 3. The molecule has 1 fully saturated rings. The molecule has 5 rings (SSSR count). The van der Waals surface area contributed by atoms with Crippen molar-refractivity contribution < 1.29 is 77.0 Å².